The molecule has 1 amide bonds. The summed E-state index contributed by atoms with van der Waals surface area (Å²) in [6.45, 7) is 4.57. The molecular formula is C19H25N5O3S2. The van der Waals surface area contributed by atoms with Crippen LogP contribution in [0.3, 0.4) is 0 Å². The summed E-state index contributed by atoms with van der Waals surface area (Å²) in [6, 6.07) is 7.19. The highest BCUT2D eigenvalue weighted by molar-refractivity contribution is 8.01. The minimum atomic E-state index is 0.129. The van der Waals surface area contributed by atoms with Crippen LogP contribution in [0.25, 0.3) is 0 Å². The van der Waals surface area contributed by atoms with Crippen LogP contribution in [0.15, 0.2) is 28.6 Å². The third-order valence-electron chi connectivity index (χ3n) is 5.08. The number of nitrogens with one attached hydrogen (secondary N) is 1. The van der Waals surface area contributed by atoms with Crippen molar-refractivity contribution < 1.29 is 14.6 Å². The van der Waals surface area contributed by atoms with Crippen molar-refractivity contribution in [3.8, 4) is 5.75 Å². The number of aromatic hydroxyl groups is 1. The van der Waals surface area contributed by atoms with Crippen molar-refractivity contribution in [2.45, 2.75) is 23.3 Å². The lowest BCUT2D eigenvalue weighted by Crippen LogP contribution is -2.49. The summed E-state index contributed by atoms with van der Waals surface area (Å²) in [7, 11) is 0. The van der Waals surface area contributed by atoms with Crippen molar-refractivity contribution in [1.29, 1.82) is 0 Å². The summed E-state index contributed by atoms with van der Waals surface area (Å²) >= 11 is 2.92. The number of aromatic nitrogens is 2. The largest absolute Gasteiger partial charge is 0.508 e. The Kier molecular flexibility index (Phi) is 6.73. The maximum atomic E-state index is 12.5. The number of anilines is 2. The first-order chi connectivity index (χ1) is 14.2. The van der Waals surface area contributed by atoms with Gasteiger partial charge in [-0.1, -0.05) is 23.1 Å². The summed E-state index contributed by atoms with van der Waals surface area (Å²) in [4.78, 5) is 16.7. The average molecular weight is 436 g/mol. The first-order valence-electron chi connectivity index (χ1n) is 9.81. The fourth-order valence-electron chi connectivity index (χ4n) is 3.44. The number of amides is 1. The van der Waals surface area contributed by atoms with E-state index in [2.05, 4.69) is 20.4 Å². The summed E-state index contributed by atoms with van der Waals surface area (Å²) in [5.74, 6) is 0.769. The fourth-order valence-corrected chi connectivity index (χ4v) is 5.10. The number of benzene rings is 1. The maximum Gasteiger partial charge on any atom is 0.233 e. The average Bonchev–Trinajstić information content (AvgIpc) is 3.43. The monoisotopic (exact) mass is 435 g/mol. The van der Waals surface area contributed by atoms with Gasteiger partial charge in [-0.15, -0.1) is 10.2 Å². The summed E-state index contributed by atoms with van der Waals surface area (Å²) in [5, 5.41) is 21.8. The highest BCUT2D eigenvalue weighted by atomic mass is 32.2. The van der Waals surface area contributed by atoms with Crippen LogP contribution in [0.4, 0.5) is 10.8 Å². The van der Waals surface area contributed by atoms with E-state index in [1.54, 1.807) is 12.1 Å². The first-order valence-corrected chi connectivity index (χ1v) is 11.6. The number of hydrogen-bond donors (Lipinski definition) is 2. The van der Waals surface area contributed by atoms with E-state index in [0.29, 0.717) is 18.8 Å². The fraction of sp³-hybridized carbons (Fsp3) is 0.526. The summed E-state index contributed by atoms with van der Waals surface area (Å²) < 4.78 is 6.39. The predicted octanol–water partition coefficient (Wildman–Crippen LogP) is 2.28. The molecule has 0 aliphatic carbocycles. The molecule has 156 valence electrons. The van der Waals surface area contributed by atoms with Crippen LogP contribution in [-0.2, 0) is 9.53 Å². The number of carbonyl (C=O) groups is 1. The number of rotatable bonds is 7. The molecule has 0 spiro atoms. The molecule has 0 saturated carbocycles. The van der Waals surface area contributed by atoms with Crippen LogP contribution < -0.4 is 10.2 Å². The third kappa shape index (κ3) is 5.52. The molecule has 29 heavy (non-hydrogen) atoms. The van der Waals surface area contributed by atoms with E-state index in [4.69, 9.17) is 4.74 Å². The number of thioether (sulfide) groups is 1. The van der Waals surface area contributed by atoms with Gasteiger partial charge in [0.2, 0.25) is 11.0 Å². The topological polar surface area (TPSA) is 90.8 Å². The SMILES string of the molecule is O=C(CSc1nnc(NC[C@H]2CCCO2)s1)N1CCN(c2ccc(O)cc2)CC1. The molecule has 0 unspecified atom stereocenters. The number of ether oxygens (including phenoxy) is 1. The predicted molar refractivity (Wildman–Crippen MR) is 115 cm³/mol. The zero-order chi connectivity index (χ0) is 20.1. The van der Waals surface area contributed by atoms with E-state index in [0.717, 1.165) is 54.2 Å². The van der Waals surface area contributed by atoms with Crippen molar-refractivity contribution >= 4 is 39.8 Å². The smallest absolute Gasteiger partial charge is 0.233 e. The highest BCUT2D eigenvalue weighted by Gasteiger charge is 2.22. The Morgan fingerprint density at radius 3 is 2.76 bits per heavy atom. The summed E-state index contributed by atoms with van der Waals surface area (Å²) in [5.41, 5.74) is 1.07. The molecule has 1 aromatic heterocycles. The van der Waals surface area contributed by atoms with Gasteiger partial charge in [0.1, 0.15) is 5.75 Å². The van der Waals surface area contributed by atoms with E-state index in [-0.39, 0.29) is 17.8 Å². The second kappa shape index (κ2) is 9.64. The second-order valence-corrected chi connectivity index (χ2v) is 9.26. The molecule has 10 heteroatoms. The number of hydrogen-bond acceptors (Lipinski definition) is 9. The van der Waals surface area contributed by atoms with Gasteiger partial charge in [0.25, 0.3) is 0 Å². The molecule has 0 bridgehead atoms. The first kappa shape index (κ1) is 20.2. The Balaban J connectivity index is 1.19. The van der Waals surface area contributed by atoms with Crippen LogP contribution in [0.5, 0.6) is 5.75 Å². The Bertz CT molecular complexity index is 802. The minimum Gasteiger partial charge on any atom is -0.508 e. The van der Waals surface area contributed by atoms with E-state index < -0.39 is 0 Å². The number of carbonyl (C=O) groups excluding carboxylic acids is 1. The Labute approximate surface area is 178 Å². The standard InChI is InChI=1S/C19H25N5O3S2/c25-15-5-3-14(4-6-15)23-7-9-24(10-8-23)17(26)13-28-19-22-21-18(29-19)20-12-16-2-1-11-27-16/h3-6,16,25H,1-2,7-13H2,(H,20,21)/t16-/m1/s1. The van der Waals surface area contributed by atoms with Crippen LogP contribution >= 0.6 is 23.1 Å². The molecule has 3 heterocycles. The van der Waals surface area contributed by atoms with Crippen LogP contribution in [0.1, 0.15) is 12.8 Å². The number of piperazine rings is 1. The van der Waals surface area contributed by atoms with Crippen molar-refractivity contribution in [1.82, 2.24) is 15.1 Å². The number of phenolic OH excluding ortho intramolecular Hbond substituents is 1. The van der Waals surface area contributed by atoms with E-state index in [1.165, 1.54) is 23.1 Å². The van der Waals surface area contributed by atoms with E-state index >= 15 is 0 Å². The van der Waals surface area contributed by atoms with Gasteiger partial charge in [-0.3, -0.25) is 4.79 Å². The molecule has 1 aromatic carbocycles. The number of nitrogens with zero attached hydrogens (tertiary/aromatic N) is 4. The van der Waals surface area contributed by atoms with E-state index in [1.807, 2.05) is 17.0 Å². The van der Waals surface area contributed by atoms with E-state index in [9.17, 15) is 9.90 Å². The maximum absolute atomic E-state index is 12.5. The lowest BCUT2D eigenvalue weighted by molar-refractivity contribution is -0.128. The molecule has 2 saturated heterocycles. The Morgan fingerprint density at radius 1 is 1.24 bits per heavy atom. The Morgan fingerprint density at radius 2 is 2.03 bits per heavy atom. The van der Waals surface area contributed by atoms with Crippen LogP contribution in [0, 0.1) is 0 Å². The molecule has 2 aliphatic heterocycles. The number of phenols is 1. The van der Waals surface area contributed by atoms with Gasteiger partial charge in [-0.25, -0.2) is 0 Å². The van der Waals surface area contributed by atoms with Crippen molar-refractivity contribution in [3.05, 3.63) is 24.3 Å². The molecule has 2 aromatic rings. The highest BCUT2D eigenvalue weighted by Crippen LogP contribution is 2.26. The molecule has 0 radical (unpaired) electrons. The Hall–Kier alpha value is -2.04. The normalized spacial score (nSPS) is 19.5. The van der Waals surface area contributed by atoms with Gasteiger partial charge < -0.3 is 25.0 Å². The van der Waals surface area contributed by atoms with Crippen molar-refractivity contribution in [3.63, 3.8) is 0 Å². The van der Waals surface area contributed by atoms with Crippen molar-refractivity contribution in [2.24, 2.45) is 0 Å². The molecule has 4 rings (SSSR count). The zero-order valence-corrected chi connectivity index (χ0v) is 17.8. The summed E-state index contributed by atoms with van der Waals surface area (Å²) in [6.07, 6.45) is 2.47. The van der Waals surface area contributed by atoms with Crippen LogP contribution in [0.2, 0.25) is 0 Å². The quantitative estimate of drug-likeness (QED) is 0.640. The molecule has 1 atom stereocenters. The van der Waals surface area contributed by atoms with Gasteiger partial charge in [0.05, 0.1) is 11.9 Å². The molecule has 2 N–H and O–H groups in total. The molecule has 2 fully saturated rings. The third-order valence-corrected chi connectivity index (χ3v) is 7.08. The van der Waals surface area contributed by atoms with Gasteiger partial charge in [0.15, 0.2) is 4.34 Å². The second-order valence-electron chi connectivity index (χ2n) is 7.06. The zero-order valence-electron chi connectivity index (χ0n) is 16.1. The minimum absolute atomic E-state index is 0.129. The molecule has 2 aliphatic rings. The van der Waals surface area contributed by atoms with Gasteiger partial charge in [0, 0.05) is 45.0 Å². The van der Waals surface area contributed by atoms with Crippen LogP contribution in [-0.4, -0.2) is 77.3 Å². The van der Waals surface area contributed by atoms with Gasteiger partial charge in [-0.2, -0.15) is 0 Å². The molecule has 8 nitrogen and oxygen atoms in total. The molecular weight excluding hydrogens is 410 g/mol. The van der Waals surface area contributed by atoms with Gasteiger partial charge >= 0.3 is 0 Å². The lowest BCUT2D eigenvalue weighted by Gasteiger charge is -2.36. The lowest BCUT2D eigenvalue weighted by atomic mass is 10.2. The van der Waals surface area contributed by atoms with Gasteiger partial charge in [-0.05, 0) is 37.1 Å². The van der Waals surface area contributed by atoms with Crippen molar-refractivity contribution in [2.75, 3.05) is 55.3 Å².